The fourth-order valence-electron chi connectivity index (χ4n) is 9.99. The van der Waals surface area contributed by atoms with Gasteiger partial charge in [0.1, 0.15) is 0 Å². The summed E-state index contributed by atoms with van der Waals surface area (Å²) in [6, 6.07) is -0.633. The molecule has 0 heterocycles. The van der Waals surface area contributed by atoms with Crippen LogP contribution in [0.3, 0.4) is 0 Å². The van der Waals surface area contributed by atoms with E-state index in [0.717, 1.165) is 44.9 Å². The number of rotatable bonds is 59. The van der Waals surface area contributed by atoms with Crippen LogP contribution in [0.1, 0.15) is 354 Å². The van der Waals surface area contributed by atoms with Crippen LogP contribution in [0.5, 0.6) is 0 Å². The van der Waals surface area contributed by atoms with Gasteiger partial charge in [0, 0.05) is 12.8 Å². The van der Waals surface area contributed by atoms with Crippen molar-refractivity contribution in [2.24, 2.45) is 0 Å². The maximum absolute atomic E-state index is 12.5. The summed E-state index contributed by atoms with van der Waals surface area (Å²) in [5.74, 6) is -0.0640. The molecule has 2 unspecified atom stereocenters. The van der Waals surface area contributed by atoms with E-state index in [-0.39, 0.29) is 18.5 Å². The lowest BCUT2D eigenvalue weighted by Crippen LogP contribution is -2.45. The highest BCUT2D eigenvalue weighted by molar-refractivity contribution is 5.76. The molecule has 6 heteroatoms. The summed E-state index contributed by atoms with van der Waals surface area (Å²) in [6.45, 7) is 4.93. The number of carbonyl (C=O) groups is 2. The van der Waals surface area contributed by atoms with Crippen LogP contribution >= 0.6 is 0 Å². The number of allylic oxidation sites excluding steroid dienone is 1. The zero-order chi connectivity index (χ0) is 50.0. The molecule has 0 radical (unpaired) electrons. The monoisotopic (exact) mass is 974 g/mol. The molecule has 69 heavy (non-hydrogen) atoms. The average molecular weight is 975 g/mol. The average Bonchev–Trinajstić information content (AvgIpc) is 3.35. The molecule has 0 spiro atoms. The van der Waals surface area contributed by atoms with Gasteiger partial charge in [-0.3, -0.25) is 9.59 Å². The number of carbonyl (C=O) groups excluding carboxylic acids is 2. The molecule has 1 amide bonds. The first-order chi connectivity index (χ1) is 34.0. The van der Waals surface area contributed by atoms with E-state index >= 15 is 0 Å². The molecule has 0 aliphatic heterocycles. The molecule has 0 aromatic carbocycles. The number of amides is 1. The van der Waals surface area contributed by atoms with E-state index in [1.165, 1.54) is 283 Å². The molecule has 0 aliphatic carbocycles. The van der Waals surface area contributed by atoms with Crippen molar-refractivity contribution in [2.75, 3.05) is 13.2 Å². The van der Waals surface area contributed by atoms with Crippen molar-refractivity contribution < 1.29 is 24.5 Å². The third kappa shape index (κ3) is 55.8. The van der Waals surface area contributed by atoms with E-state index in [2.05, 4.69) is 19.2 Å². The van der Waals surface area contributed by atoms with Crippen LogP contribution in [0, 0.1) is 0 Å². The lowest BCUT2D eigenvalue weighted by molar-refractivity contribution is -0.143. The van der Waals surface area contributed by atoms with Crippen molar-refractivity contribution in [1.82, 2.24) is 5.32 Å². The number of ether oxygens (including phenoxy) is 1. The fourth-order valence-corrected chi connectivity index (χ4v) is 9.99. The van der Waals surface area contributed by atoms with E-state index < -0.39 is 12.1 Å². The van der Waals surface area contributed by atoms with Gasteiger partial charge in [-0.2, -0.15) is 0 Å². The highest BCUT2D eigenvalue weighted by atomic mass is 16.5. The van der Waals surface area contributed by atoms with Crippen LogP contribution in [-0.4, -0.2) is 47.4 Å². The van der Waals surface area contributed by atoms with E-state index in [0.29, 0.717) is 19.4 Å². The van der Waals surface area contributed by atoms with Gasteiger partial charge in [0.05, 0.1) is 25.4 Å². The number of hydrogen-bond donors (Lipinski definition) is 3. The second kappa shape index (κ2) is 59.2. The zero-order valence-corrected chi connectivity index (χ0v) is 46.8. The Bertz CT molecular complexity index is 1030. The minimum absolute atomic E-state index is 0.00705. The molecular weight excluding hydrogens is 851 g/mol. The number of nitrogens with one attached hydrogen (secondary N) is 1. The molecule has 0 fully saturated rings. The zero-order valence-electron chi connectivity index (χ0n) is 46.8. The Morgan fingerprint density at radius 2 is 0.667 bits per heavy atom. The first kappa shape index (κ1) is 67.6. The number of esters is 1. The van der Waals surface area contributed by atoms with Gasteiger partial charge < -0.3 is 20.3 Å². The van der Waals surface area contributed by atoms with Crippen LogP contribution in [0.4, 0.5) is 0 Å². The molecular formula is C63H123NO5. The Morgan fingerprint density at radius 3 is 0.986 bits per heavy atom. The standard InChI is InChI=1S/C63H123NO5/c1-3-5-7-9-11-13-15-17-19-21-22-24-27-31-35-39-43-47-51-55-61(66)60(59-65)64-62(67)56-52-48-44-40-36-32-28-25-26-30-34-38-42-46-50-54-58-69-63(68)57-53-49-45-41-37-33-29-23-20-18-16-14-12-10-8-6-4-2/h51,55,60-61,65-66H,3-50,52-54,56-59H2,1-2H3,(H,64,67)/b55-51+. The van der Waals surface area contributed by atoms with Crippen molar-refractivity contribution in [3.05, 3.63) is 12.2 Å². The number of aliphatic hydroxyl groups excluding tert-OH is 2. The second-order valence-electron chi connectivity index (χ2n) is 21.8. The molecule has 0 aromatic rings. The molecule has 0 aromatic heterocycles. The Labute approximate surface area is 431 Å². The Kier molecular flexibility index (Phi) is 58.0. The maximum atomic E-state index is 12.5. The quantitative estimate of drug-likeness (QED) is 0.0321. The van der Waals surface area contributed by atoms with E-state index in [9.17, 15) is 19.8 Å². The van der Waals surface area contributed by atoms with Crippen LogP contribution in [0.15, 0.2) is 12.2 Å². The van der Waals surface area contributed by atoms with Crippen LogP contribution in [0.25, 0.3) is 0 Å². The van der Waals surface area contributed by atoms with Gasteiger partial charge in [-0.25, -0.2) is 0 Å². The van der Waals surface area contributed by atoms with Gasteiger partial charge in [0.2, 0.25) is 5.91 Å². The third-order valence-electron chi connectivity index (χ3n) is 14.8. The van der Waals surface area contributed by atoms with Crippen molar-refractivity contribution >= 4 is 11.9 Å². The third-order valence-corrected chi connectivity index (χ3v) is 14.8. The summed E-state index contributed by atoms with van der Waals surface area (Å²) >= 11 is 0. The van der Waals surface area contributed by atoms with E-state index in [1.807, 2.05) is 6.08 Å². The minimum Gasteiger partial charge on any atom is -0.466 e. The summed E-state index contributed by atoms with van der Waals surface area (Å²) in [6.07, 6.45) is 71.0. The summed E-state index contributed by atoms with van der Waals surface area (Å²) in [7, 11) is 0. The highest BCUT2D eigenvalue weighted by Gasteiger charge is 2.18. The topological polar surface area (TPSA) is 95.9 Å². The normalized spacial score (nSPS) is 12.6. The molecule has 410 valence electrons. The molecule has 0 saturated heterocycles. The van der Waals surface area contributed by atoms with Crippen molar-refractivity contribution in [3.63, 3.8) is 0 Å². The number of hydrogen-bond acceptors (Lipinski definition) is 5. The van der Waals surface area contributed by atoms with Gasteiger partial charge in [-0.05, 0) is 32.1 Å². The smallest absolute Gasteiger partial charge is 0.305 e. The number of unbranched alkanes of at least 4 members (excludes halogenated alkanes) is 48. The van der Waals surface area contributed by atoms with E-state index in [4.69, 9.17) is 4.74 Å². The van der Waals surface area contributed by atoms with Crippen molar-refractivity contribution in [1.29, 1.82) is 0 Å². The molecule has 6 nitrogen and oxygen atoms in total. The van der Waals surface area contributed by atoms with Gasteiger partial charge in [0.25, 0.3) is 0 Å². The first-order valence-electron chi connectivity index (χ1n) is 31.5. The first-order valence-corrected chi connectivity index (χ1v) is 31.5. The predicted molar refractivity (Wildman–Crippen MR) is 301 cm³/mol. The van der Waals surface area contributed by atoms with Crippen LogP contribution in [0.2, 0.25) is 0 Å². The molecule has 0 rings (SSSR count). The molecule has 3 N–H and O–H groups in total. The summed E-state index contributed by atoms with van der Waals surface area (Å²) < 4.78 is 5.49. The lowest BCUT2D eigenvalue weighted by atomic mass is 10.0. The van der Waals surface area contributed by atoms with Gasteiger partial charge in [-0.1, -0.05) is 321 Å². The van der Waals surface area contributed by atoms with E-state index in [1.54, 1.807) is 6.08 Å². The largest absolute Gasteiger partial charge is 0.466 e. The Hall–Kier alpha value is -1.40. The molecule has 0 aliphatic rings. The summed E-state index contributed by atoms with van der Waals surface area (Å²) in [5, 5.41) is 23.2. The highest BCUT2D eigenvalue weighted by Crippen LogP contribution is 2.18. The Morgan fingerprint density at radius 1 is 0.391 bits per heavy atom. The second-order valence-corrected chi connectivity index (χ2v) is 21.8. The molecule has 0 bridgehead atoms. The lowest BCUT2D eigenvalue weighted by Gasteiger charge is -2.20. The van der Waals surface area contributed by atoms with Gasteiger partial charge in [0.15, 0.2) is 0 Å². The number of aliphatic hydroxyl groups is 2. The van der Waals surface area contributed by atoms with Gasteiger partial charge >= 0.3 is 5.97 Å². The predicted octanol–water partition coefficient (Wildman–Crippen LogP) is 19.6. The molecule has 0 saturated carbocycles. The van der Waals surface area contributed by atoms with Crippen LogP contribution < -0.4 is 5.32 Å². The van der Waals surface area contributed by atoms with Gasteiger partial charge in [-0.15, -0.1) is 0 Å². The molecule has 2 atom stereocenters. The van der Waals surface area contributed by atoms with Crippen LogP contribution in [-0.2, 0) is 14.3 Å². The SMILES string of the molecule is CCCCCCCCCCCCCCCCCCC/C=C/C(O)C(CO)NC(=O)CCCCCCCCCCCCCCCCCCOC(=O)CCCCCCCCCCCCCCCCCCC. The summed E-state index contributed by atoms with van der Waals surface area (Å²) in [4.78, 5) is 24.6. The minimum atomic E-state index is -0.849. The van der Waals surface area contributed by atoms with Crippen molar-refractivity contribution in [2.45, 2.75) is 366 Å². The maximum Gasteiger partial charge on any atom is 0.305 e. The fraction of sp³-hybridized carbons (Fsp3) is 0.937. The van der Waals surface area contributed by atoms with Crippen molar-refractivity contribution in [3.8, 4) is 0 Å². The Balaban J connectivity index is 3.43. The summed E-state index contributed by atoms with van der Waals surface area (Å²) in [5.41, 5.74) is 0.